The molecule has 0 radical (unpaired) electrons. The Balaban J connectivity index is -0.000000946. The van der Waals surface area contributed by atoms with Gasteiger partial charge in [-0.1, -0.05) is 122 Å². The molecule has 0 aliphatic carbocycles. The molecule has 28 heavy (non-hydrogen) atoms. The summed E-state index contributed by atoms with van der Waals surface area (Å²) >= 11 is 0. The average molecular weight is 393 g/mol. The number of rotatable bonds is 7. The van der Waals surface area contributed by atoms with Crippen molar-refractivity contribution in [1.82, 2.24) is 0 Å². The van der Waals surface area contributed by atoms with Gasteiger partial charge in [0.05, 0.1) is 0 Å². The highest BCUT2D eigenvalue weighted by Crippen LogP contribution is 2.36. The second-order valence-electron chi connectivity index (χ2n) is 8.76. The quantitative estimate of drug-likeness (QED) is 0.432. The van der Waals surface area contributed by atoms with Crippen molar-refractivity contribution in [3.63, 3.8) is 0 Å². The Morgan fingerprint density at radius 2 is 1.07 bits per heavy atom. The van der Waals surface area contributed by atoms with Gasteiger partial charge >= 0.3 is 0 Å². The zero-order valence-corrected chi connectivity index (χ0v) is 22.5. The fraction of sp³-hybridized carbons (Fsp3) is 0.786. The number of benzene rings is 1. The summed E-state index contributed by atoms with van der Waals surface area (Å²) in [5.74, 6) is 2.01. The van der Waals surface area contributed by atoms with Crippen LogP contribution in [-0.2, 0) is 5.41 Å². The largest absolute Gasteiger partial charge is 0.0683 e. The Labute approximate surface area is 180 Å². The molecule has 0 aliphatic rings. The van der Waals surface area contributed by atoms with Gasteiger partial charge in [-0.3, -0.25) is 0 Å². The van der Waals surface area contributed by atoms with Crippen molar-refractivity contribution in [2.24, 2.45) is 5.92 Å². The molecule has 0 unspecified atom stereocenters. The summed E-state index contributed by atoms with van der Waals surface area (Å²) in [6, 6.07) is 4.97. The maximum Gasteiger partial charge on any atom is -0.0103 e. The molecule has 0 spiro atoms. The highest BCUT2D eigenvalue weighted by atomic mass is 14.3. The molecule has 0 aliphatic heterocycles. The third-order valence-electron chi connectivity index (χ3n) is 5.10. The van der Waals surface area contributed by atoms with E-state index in [2.05, 4.69) is 74.4 Å². The van der Waals surface area contributed by atoms with Crippen molar-refractivity contribution in [2.45, 2.75) is 140 Å². The molecule has 1 aromatic rings. The first-order valence-corrected chi connectivity index (χ1v) is 12.2. The summed E-state index contributed by atoms with van der Waals surface area (Å²) in [6.45, 7) is 33.1. The number of hydrogen-bond donors (Lipinski definition) is 0. The van der Waals surface area contributed by atoms with E-state index in [9.17, 15) is 0 Å². The zero-order valence-electron chi connectivity index (χ0n) is 22.5. The summed E-state index contributed by atoms with van der Waals surface area (Å²) in [7, 11) is 0. The first kappa shape index (κ1) is 31.9. The topological polar surface area (TPSA) is 0 Å². The molecule has 0 heterocycles. The highest BCUT2D eigenvalue weighted by molar-refractivity contribution is 5.44. The van der Waals surface area contributed by atoms with E-state index in [0.29, 0.717) is 11.8 Å². The van der Waals surface area contributed by atoms with E-state index in [1.54, 1.807) is 0 Å². The Morgan fingerprint density at radius 3 is 1.36 bits per heavy atom. The molecule has 1 rings (SSSR count). The van der Waals surface area contributed by atoms with E-state index < -0.39 is 0 Å². The summed E-state index contributed by atoms with van der Waals surface area (Å²) in [4.78, 5) is 0. The van der Waals surface area contributed by atoms with Gasteiger partial charge < -0.3 is 0 Å². The lowest BCUT2D eigenvalue weighted by Gasteiger charge is -2.29. The van der Waals surface area contributed by atoms with Crippen LogP contribution in [0.1, 0.15) is 150 Å². The normalized spacial score (nSPS) is 10.6. The maximum absolute atomic E-state index is 2.49. The van der Waals surface area contributed by atoms with Crippen LogP contribution in [0.2, 0.25) is 0 Å². The van der Waals surface area contributed by atoms with Crippen LogP contribution < -0.4 is 0 Å². The Bertz CT molecular complexity index is 446. The van der Waals surface area contributed by atoms with Crippen LogP contribution in [0.3, 0.4) is 0 Å². The summed E-state index contributed by atoms with van der Waals surface area (Å²) in [5.41, 5.74) is 6.40. The zero-order chi connectivity index (χ0) is 23.1. The Morgan fingerprint density at radius 1 is 0.714 bits per heavy atom. The van der Waals surface area contributed by atoms with E-state index in [-0.39, 0.29) is 5.41 Å². The van der Waals surface area contributed by atoms with Gasteiger partial charge in [-0.25, -0.2) is 0 Å². The van der Waals surface area contributed by atoms with Crippen LogP contribution in [0, 0.1) is 12.8 Å². The van der Waals surface area contributed by atoms with Crippen molar-refractivity contribution in [2.75, 3.05) is 0 Å². The van der Waals surface area contributed by atoms with E-state index in [1.165, 1.54) is 41.5 Å². The summed E-state index contributed by atoms with van der Waals surface area (Å²) < 4.78 is 0. The second kappa shape index (κ2) is 17.1. The van der Waals surface area contributed by atoms with E-state index in [1.807, 2.05) is 41.5 Å². The fourth-order valence-electron chi connectivity index (χ4n) is 3.45. The lowest BCUT2D eigenvalue weighted by molar-refractivity contribution is 0.423. The van der Waals surface area contributed by atoms with Crippen LogP contribution in [0.4, 0.5) is 0 Å². The van der Waals surface area contributed by atoms with Crippen molar-refractivity contribution >= 4 is 0 Å². The van der Waals surface area contributed by atoms with Gasteiger partial charge in [-0.05, 0) is 58.8 Å². The minimum absolute atomic E-state index is 0.274. The molecular weight excluding hydrogens is 336 g/mol. The van der Waals surface area contributed by atoms with Crippen LogP contribution in [0.25, 0.3) is 0 Å². The second-order valence-corrected chi connectivity index (χ2v) is 8.76. The third kappa shape index (κ3) is 11.3. The molecule has 0 N–H and O–H groups in total. The van der Waals surface area contributed by atoms with Crippen molar-refractivity contribution in [3.8, 4) is 0 Å². The van der Waals surface area contributed by atoms with E-state index >= 15 is 0 Å². The molecule has 0 atom stereocenters. The molecule has 1 aromatic carbocycles. The summed E-state index contributed by atoms with van der Waals surface area (Å²) in [6.07, 6.45) is 3.94. The summed E-state index contributed by atoms with van der Waals surface area (Å²) in [5, 5.41) is 0. The monoisotopic (exact) mass is 392 g/mol. The highest BCUT2D eigenvalue weighted by Gasteiger charge is 2.23. The Kier molecular flexibility index (Phi) is 19.5. The van der Waals surface area contributed by atoms with E-state index in [4.69, 9.17) is 0 Å². The van der Waals surface area contributed by atoms with Gasteiger partial charge in [0, 0.05) is 0 Å². The van der Waals surface area contributed by atoms with E-state index in [0.717, 1.165) is 5.92 Å². The predicted molar refractivity (Wildman–Crippen MR) is 135 cm³/mol. The molecule has 0 nitrogen and oxygen atoms in total. The predicted octanol–water partition coefficient (Wildman–Crippen LogP) is 10.4. The molecule has 0 bridgehead atoms. The fourth-order valence-corrected chi connectivity index (χ4v) is 3.45. The van der Waals surface area contributed by atoms with Gasteiger partial charge in [-0.2, -0.15) is 0 Å². The van der Waals surface area contributed by atoms with Crippen LogP contribution in [0.5, 0.6) is 0 Å². The molecule has 168 valence electrons. The molecule has 0 fully saturated rings. The van der Waals surface area contributed by atoms with Crippen LogP contribution >= 0.6 is 0 Å². The average Bonchev–Trinajstić information content (AvgIpc) is 2.65. The molecule has 0 aromatic heterocycles. The molecule has 0 saturated carbocycles. The van der Waals surface area contributed by atoms with Gasteiger partial charge in [0.1, 0.15) is 0 Å². The lowest BCUT2D eigenvalue weighted by atomic mass is 9.76. The van der Waals surface area contributed by atoms with Crippen LogP contribution in [0.15, 0.2) is 12.1 Å². The van der Waals surface area contributed by atoms with Crippen molar-refractivity contribution in [1.29, 1.82) is 0 Å². The van der Waals surface area contributed by atoms with Crippen LogP contribution in [-0.4, -0.2) is 0 Å². The molecule has 0 heteroatoms. The third-order valence-corrected chi connectivity index (χ3v) is 5.10. The van der Waals surface area contributed by atoms with Gasteiger partial charge in [-0.15, -0.1) is 0 Å². The van der Waals surface area contributed by atoms with Gasteiger partial charge in [0.15, 0.2) is 0 Å². The first-order valence-electron chi connectivity index (χ1n) is 12.2. The molecule has 0 saturated heterocycles. The molecular formula is C28H56. The standard InChI is InChI=1S/C22H38.3C2H6/c1-15(2)11-10-12-22(8,9)19-13-20(16(3)4)18(7)21(14-19)17(5)6;3*1-2/h13-17H,10-12H2,1-9H3;3*1-2H3. The lowest BCUT2D eigenvalue weighted by Crippen LogP contribution is -2.19. The smallest absolute Gasteiger partial charge is 0.0103 e. The number of hydrogen-bond acceptors (Lipinski definition) is 0. The first-order chi connectivity index (χ1) is 13.1. The van der Waals surface area contributed by atoms with Gasteiger partial charge in [0.25, 0.3) is 0 Å². The minimum atomic E-state index is 0.274. The van der Waals surface area contributed by atoms with Crippen molar-refractivity contribution in [3.05, 3.63) is 34.4 Å². The minimum Gasteiger partial charge on any atom is -0.0683 e. The van der Waals surface area contributed by atoms with Gasteiger partial charge in [0.2, 0.25) is 0 Å². The SMILES string of the molecule is CC.CC.CC.Cc1c(C(C)C)cc(C(C)(C)CCCC(C)C)cc1C(C)C. The Hall–Kier alpha value is -0.780. The maximum atomic E-state index is 2.49. The molecule has 0 amide bonds. The van der Waals surface area contributed by atoms with Crippen molar-refractivity contribution < 1.29 is 0 Å².